The van der Waals surface area contributed by atoms with Gasteiger partial charge in [0.2, 0.25) is 0 Å². The molecule has 11 aromatic carbocycles. The van der Waals surface area contributed by atoms with Crippen molar-refractivity contribution >= 4 is 143 Å². The van der Waals surface area contributed by atoms with Gasteiger partial charge in [0.05, 0.1) is 11.4 Å². The first-order valence-electron chi connectivity index (χ1n) is 25.4. The number of fused-ring (bicyclic) bond motifs is 14. The van der Waals surface area contributed by atoms with Crippen LogP contribution >= 0.6 is 0 Å². The summed E-state index contributed by atoms with van der Waals surface area (Å²) >= 11 is 0. The van der Waals surface area contributed by atoms with Gasteiger partial charge in [-0.2, -0.15) is 0 Å². The van der Waals surface area contributed by atoms with Crippen LogP contribution in [-0.4, -0.2) is 0 Å². The van der Waals surface area contributed by atoms with E-state index in [9.17, 15) is 0 Å². The molecule has 0 amide bonds. The number of hydrogen-bond donors (Lipinski definition) is 0. The number of furan rings is 4. The predicted molar refractivity (Wildman–Crippen MR) is 308 cm³/mol. The third-order valence-electron chi connectivity index (χ3n) is 15.3. The van der Waals surface area contributed by atoms with Crippen LogP contribution in [0, 0.1) is 13.8 Å². The van der Waals surface area contributed by atoms with Crippen molar-refractivity contribution in [2.24, 2.45) is 0 Å². The highest BCUT2D eigenvalue weighted by Gasteiger charge is 2.29. The van der Waals surface area contributed by atoms with Gasteiger partial charge in [0, 0.05) is 71.4 Å². The number of hydrogen-bond acceptors (Lipinski definition) is 6. The first-order chi connectivity index (χ1) is 36.1. The molecule has 4 aromatic heterocycles. The Morgan fingerprint density at radius 1 is 0.311 bits per heavy atom. The fourth-order valence-electron chi connectivity index (χ4n) is 11.9. The quantitative estimate of drug-likeness (QED) is 0.165. The minimum atomic E-state index is -0.286. The van der Waals surface area contributed by atoms with Gasteiger partial charge in [0.15, 0.2) is 11.2 Å². The maximum atomic E-state index is 7.11. The van der Waals surface area contributed by atoms with Gasteiger partial charge in [0.25, 0.3) is 0 Å². The van der Waals surface area contributed by atoms with Crippen LogP contribution in [0.2, 0.25) is 0 Å². The molecule has 0 radical (unpaired) electrons. The maximum absolute atomic E-state index is 7.11. The van der Waals surface area contributed by atoms with Crippen LogP contribution in [0.5, 0.6) is 0 Å². The number of aryl methyl sites for hydroxylation is 2. The number of anilines is 6. The summed E-state index contributed by atoms with van der Waals surface area (Å²) in [4.78, 5) is 4.65. The summed E-state index contributed by atoms with van der Waals surface area (Å²) in [5, 5.41) is 13.0. The molecule has 0 spiro atoms. The summed E-state index contributed by atoms with van der Waals surface area (Å²) in [5.74, 6) is 0. The molecule has 354 valence electrons. The molecule has 4 heterocycles. The van der Waals surface area contributed by atoms with Gasteiger partial charge < -0.3 is 27.5 Å². The van der Waals surface area contributed by atoms with Crippen molar-refractivity contribution in [2.45, 2.75) is 40.0 Å². The highest BCUT2D eigenvalue weighted by Crippen LogP contribution is 2.49. The SMILES string of the molecule is Cc1ccccc1N(c1ccc2cc3c(cc2c1)oc1c(C(C)(C)C)c2c(cc13)oc1cc3cc(N(c4ccccc4C)c4cccc5c4oc4ccccc45)ccc3cc12)c1cccc2c1oc1ccccc12. The van der Waals surface area contributed by atoms with Gasteiger partial charge in [-0.05, 0) is 143 Å². The summed E-state index contributed by atoms with van der Waals surface area (Å²) in [7, 11) is 0. The van der Waals surface area contributed by atoms with E-state index < -0.39 is 0 Å². The molecule has 6 heteroatoms. The Labute approximate surface area is 425 Å². The molecule has 0 saturated carbocycles. The van der Waals surface area contributed by atoms with Gasteiger partial charge in [-0.15, -0.1) is 0 Å². The number of rotatable bonds is 6. The molecule has 0 saturated heterocycles. The van der Waals surface area contributed by atoms with Crippen molar-refractivity contribution in [1.82, 2.24) is 0 Å². The van der Waals surface area contributed by atoms with E-state index in [-0.39, 0.29) is 5.41 Å². The highest BCUT2D eigenvalue weighted by atomic mass is 16.3. The summed E-state index contributed by atoms with van der Waals surface area (Å²) < 4.78 is 27.4. The molecule has 0 aliphatic rings. The number of para-hydroxylation sites is 6. The minimum Gasteiger partial charge on any atom is -0.456 e. The Morgan fingerprint density at radius 3 is 1.31 bits per heavy atom. The Kier molecular flexibility index (Phi) is 8.95. The Morgan fingerprint density at radius 2 is 0.770 bits per heavy atom. The van der Waals surface area contributed by atoms with Crippen LogP contribution in [-0.2, 0) is 5.41 Å². The van der Waals surface area contributed by atoms with Crippen LogP contribution in [0.1, 0.15) is 37.5 Å². The van der Waals surface area contributed by atoms with Crippen molar-refractivity contribution in [1.29, 1.82) is 0 Å². The van der Waals surface area contributed by atoms with Gasteiger partial charge >= 0.3 is 0 Å². The zero-order chi connectivity index (χ0) is 49.6. The van der Waals surface area contributed by atoms with Gasteiger partial charge in [-0.25, -0.2) is 0 Å². The van der Waals surface area contributed by atoms with Gasteiger partial charge in [-0.3, -0.25) is 0 Å². The Balaban J connectivity index is 0.884. The smallest absolute Gasteiger partial charge is 0.159 e. The van der Waals surface area contributed by atoms with Crippen LogP contribution in [0.4, 0.5) is 34.1 Å². The predicted octanol–water partition coefficient (Wildman–Crippen LogP) is 20.4. The molecular weight excluding hydrogens is 909 g/mol. The van der Waals surface area contributed by atoms with E-state index in [1.54, 1.807) is 0 Å². The minimum absolute atomic E-state index is 0.286. The molecule has 0 bridgehead atoms. The molecule has 0 unspecified atom stereocenters. The van der Waals surface area contributed by atoms with E-state index in [0.717, 1.165) is 160 Å². The fourth-order valence-corrected chi connectivity index (χ4v) is 11.9. The molecule has 6 nitrogen and oxygen atoms in total. The van der Waals surface area contributed by atoms with E-state index in [1.807, 2.05) is 24.3 Å². The van der Waals surface area contributed by atoms with Crippen molar-refractivity contribution in [3.05, 3.63) is 217 Å². The normalized spacial score (nSPS) is 12.4. The van der Waals surface area contributed by atoms with E-state index >= 15 is 0 Å². The first kappa shape index (κ1) is 42.4. The molecular formula is C68H48N2O4. The van der Waals surface area contributed by atoms with Crippen molar-refractivity contribution < 1.29 is 17.7 Å². The van der Waals surface area contributed by atoms with E-state index in [0.29, 0.717) is 0 Å². The molecule has 15 rings (SSSR count). The van der Waals surface area contributed by atoms with Crippen molar-refractivity contribution in [2.75, 3.05) is 9.80 Å². The third-order valence-corrected chi connectivity index (χ3v) is 15.3. The number of nitrogens with zero attached hydrogens (tertiary/aromatic N) is 2. The lowest BCUT2D eigenvalue weighted by molar-refractivity contribution is 0.577. The Hall–Kier alpha value is -9.26. The van der Waals surface area contributed by atoms with Crippen LogP contribution < -0.4 is 9.80 Å². The van der Waals surface area contributed by atoms with Crippen LogP contribution in [0.25, 0.3) is 109 Å². The largest absolute Gasteiger partial charge is 0.456 e. The molecule has 0 aliphatic heterocycles. The average molecular weight is 957 g/mol. The second-order valence-electron chi connectivity index (χ2n) is 21.0. The zero-order valence-corrected chi connectivity index (χ0v) is 41.6. The lowest BCUT2D eigenvalue weighted by Gasteiger charge is -2.27. The molecule has 0 aliphatic carbocycles. The van der Waals surface area contributed by atoms with E-state index in [4.69, 9.17) is 17.7 Å². The average Bonchev–Trinajstić information content (AvgIpc) is 4.18. The third kappa shape index (κ3) is 6.31. The zero-order valence-electron chi connectivity index (χ0n) is 41.6. The first-order valence-corrected chi connectivity index (χ1v) is 25.4. The summed E-state index contributed by atoms with van der Waals surface area (Å²) in [5.41, 5.74) is 16.2. The standard InChI is InChI=1S/C68H48N2O4/c1-39-16-6-10-22-54(39)69(56-24-14-20-49-47-18-8-12-26-58(47)72-65(49)56)45-30-28-41-34-51-52-38-62-63(64(68(3,4)5)67(52)74-60(51)36-43(41)32-45)53-35-42-29-31-46(33-44(42)37-61(53)71-62)70(55-23-11-7-17-40(55)2)57-25-15-21-50-48-19-9-13-27-59(48)73-66(50)57/h6-38H,1-5H3. The van der Waals surface area contributed by atoms with E-state index in [2.05, 4.69) is 220 Å². The van der Waals surface area contributed by atoms with Crippen LogP contribution in [0.15, 0.2) is 218 Å². The van der Waals surface area contributed by atoms with Crippen molar-refractivity contribution in [3.8, 4) is 0 Å². The molecule has 15 aromatic rings. The molecule has 0 N–H and O–H groups in total. The summed E-state index contributed by atoms with van der Waals surface area (Å²) in [6, 6.07) is 71.1. The number of benzene rings is 11. The molecule has 0 fully saturated rings. The molecule has 0 atom stereocenters. The summed E-state index contributed by atoms with van der Waals surface area (Å²) in [6.07, 6.45) is 0. The lowest BCUT2D eigenvalue weighted by Crippen LogP contribution is -2.12. The van der Waals surface area contributed by atoms with E-state index in [1.165, 1.54) is 0 Å². The monoisotopic (exact) mass is 956 g/mol. The molecule has 74 heavy (non-hydrogen) atoms. The maximum Gasteiger partial charge on any atom is 0.159 e. The van der Waals surface area contributed by atoms with Crippen LogP contribution in [0.3, 0.4) is 0 Å². The summed E-state index contributed by atoms with van der Waals surface area (Å²) in [6.45, 7) is 11.1. The highest BCUT2D eigenvalue weighted by molar-refractivity contribution is 6.21. The second kappa shape index (κ2) is 15.6. The lowest BCUT2D eigenvalue weighted by atomic mass is 9.82. The second-order valence-corrected chi connectivity index (χ2v) is 21.0. The van der Waals surface area contributed by atoms with Gasteiger partial charge in [-0.1, -0.05) is 130 Å². The topological polar surface area (TPSA) is 59.0 Å². The van der Waals surface area contributed by atoms with Gasteiger partial charge in [0.1, 0.15) is 33.5 Å². The Bertz CT molecular complexity index is 4640. The van der Waals surface area contributed by atoms with Crippen molar-refractivity contribution in [3.63, 3.8) is 0 Å². The fraction of sp³-hybridized carbons (Fsp3) is 0.0882.